The molecule has 0 aliphatic rings. The molecule has 0 saturated carbocycles. The quantitative estimate of drug-likeness (QED) is 0.706. The fourth-order valence-electron chi connectivity index (χ4n) is 0.583. The smallest absolute Gasteiger partial charge is 0.234 e. The Kier molecular flexibility index (Phi) is 3.09. The predicted molar refractivity (Wildman–Crippen MR) is 56.7 cm³/mol. The highest BCUT2D eigenvalue weighted by atomic mass is 127. The molecular weight excluding hydrogens is 354 g/mol. The summed E-state index contributed by atoms with van der Waals surface area (Å²) in [5, 5.41) is 0. The Bertz CT molecular complexity index is 258. The van der Waals surface area contributed by atoms with Crippen LogP contribution in [-0.2, 0) is 4.79 Å². The number of carbonyl (C=O) groups excluding carboxylic acids is 1. The Morgan fingerprint density at radius 1 is 1.30 bits per heavy atom. The Labute approximate surface area is 86.5 Å². The number of halogens is 2. The highest BCUT2D eigenvalue weighted by Gasteiger charge is 2.00. The van der Waals surface area contributed by atoms with Gasteiger partial charge in [0.05, 0.1) is 0 Å². The SMILES string of the molecule is O=[C]c1cccc(I)c1I. The van der Waals surface area contributed by atoms with Gasteiger partial charge in [0.1, 0.15) is 0 Å². The lowest BCUT2D eigenvalue weighted by molar-refractivity contribution is 0.562. The first kappa shape index (κ1) is 8.45. The van der Waals surface area contributed by atoms with Crippen LogP contribution in [0.4, 0.5) is 0 Å². The molecule has 0 aliphatic carbocycles. The van der Waals surface area contributed by atoms with Crippen molar-refractivity contribution >= 4 is 51.5 Å². The largest absolute Gasteiger partial charge is 0.285 e. The molecule has 0 fully saturated rings. The van der Waals surface area contributed by atoms with Gasteiger partial charge in [-0.25, -0.2) is 0 Å². The van der Waals surface area contributed by atoms with Crippen LogP contribution >= 0.6 is 45.2 Å². The third-order valence-corrected chi connectivity index (χ3v) is 4.15. The Morgan fingerprint density at radius 2 is 2.00 bits per heavy atom. The molecule has 51 valence electrons. The molecule has 1 nitrogen and oxygen atoms in total. The molecule has 0 aliphatic heterocycles. The van der Waals surface area contributed by atoms with Crippen molar-refractivity contribution in [2.24, 2.45) is 0 Å². The van der Waals surface area contributed by atoms with Crippen LogP contribution in [0.5, 0.6) is 0 Å². The molecule has 0 amide bonds. The van der Waals surface area contributed by atoms with E-state index >= 15 is 0 Å². The molecule has 3 heteroatoms. The van der Waals surface area contributed by atoms with Gasteiger partial charge in [0, 0.05) is 12.7 Å². The molecule has 1 aromatic rings. The van der Waals surface area contributed by atoms with E-state index in [1.54, 1.807) is 6.07 Å². The first-order valence-corrected chi connectivity index (χ1v) is 4.73. The fourth-order valence-corrected chi connectivity index (χ4v) is 1.55. The van der Waals surface area contributed by atoms with Crippen molar-refractivity contribution in [3.8, 4) is 0 Å². The number of hydrogen-bond acceptors (Lipinski definition) is 1. The summed E-state index contributed by atoms with van der Waals surface area (Å²) in [4.78, 5) is 10.2. The van der Waals surface area contributed by atoms with E-state index in [2.05, 4.69) is 45.2 Å². The molecule has 0 bridgehead atoms. The van der Waals surface area contributed by atoms with Crippen LogP contribution in [-0.4, -0.2) is 6.29 Å². The summed E-state index contributed by atoms with van der Waals surface area (Å²) in [7, 11) is 0. The second-order valence-electron chi connectivity index (χ2n) is 1.70. The van der Waals surface area contributed by atoms with Gasteiger partial charge in [-0.05, 0) is 57.3 Å². The van der Waals surface area contributed by atoms with Gasteiger partial charge in [-0.2, -0.15) is 0 Å². The van der Waals surface area contributed by atoms with E-state index in [4.69, 9.17) is 0 Å². The van der Waals surface area contributed by atoms with Crippen LogP contribution in [0.1, 0.15) is 5.56 Å². The molecule has 0 aromatic heterocycles. The summed E-state index contributed by atoms with van der Waals surface area (Å²) in [6.45, 7) is 0. The molecule has 0 heterocycles. The zero-order valence-corrected chi connectivity index (χ0v) is 9.21. The average Bonchev–Trinajstić information content (AvgIpc) is 1.95. The van der Waals surface area contributed by atoms with Gasteiger partial charge >= 0.3 is 0 Å². The van der Waals surface area contributed by atoms with Crippen molar-refractivity contribution in [3.05, 3.63) is 30.9 Å². The summed E-state index contributed by atoms with van der Waals surface area (Å²) >= 11 is 4.32. The van der Waals surface area contributed by atoms with Gasteiger partial charge in [-0.1, -0.05) is 6.07 Å². The lowest BCUT2D eigenvalue weighted by Gasteiger charge is -1.95. The van der Waals surface area contributed by atoms with Gasteiger partial charge in [-0.3, -0.25) is 4.79 Å². The standard InChI is InChI=1S/C7H3I2O/c8-6-3-1-2-5(4-10)7(6)9/h1-3H. The topological polar surface area (TPSA) is 17.1 Å². The van der Waals surface area contributed by atoms with E-state index in [0.29, 0.717) is 5.56 Å². The summed E-state index contributed by atoms with van der Waals surface area (Å²) < 4.78 is 2.08. The van der Waals surface area contributed by atoms with Gasteiger partial charge in [0.2, 0.25) is 6.29 Å². The van der Waals surface area contributed by atoms with E-state index in [-0.39, 0.29) is 0 Å². The minimum absolute atomic E-state index is 0.646. The normalized spacial score (nSPS) is 9.40. The number of rotatable bonds is 1. The predicted octanol–water partition coefficient (Wildman–Crippen LogP) is 2.35. The molecule has 10 heavy (non-hydrogen) atoms. The second-order valence-corrected chi connectivity index (χ2v) is 3.94. The summed E-state index contributed by atoms with van der Waals surface area (Å²) in [6.07, 6.45) is 1.87. The van der Waals surface area contributed by atoms with Gasteiger partial charge in [-0.15, -0.1) is 0 Å². The summed E-state index contributed by atoms with van der Waals surface area (Å²) in [6, 6.07) is 5.57. The molecule has 0 atom stereocenters. The maximum Gasteiger partial charge on any atom is 0.234 e. The van der Waals surface area contributed by atoms with Crippen molar-refractivity contribution in [1.82, 2.24) is 0 Å². The monoisotopic (exact) mass is 357 g/mol. The molecule has 1 aromatic carbocycles. The van der Waals surface area contributed by atoms with Crippen LogP contribution in [0.25, 0.3) is 0 Å². The van der Waals surface area contributed by atoms with Crippen molar-refractivity contribution in [1.29, 1.82) is 0 Å². The van der Waals surface area contributed by atoms with Crippen molar-refractivity contribution in [3.63, 3.8) is 0 Å². The van der Waals surface area contributed by atoms with E-state index in [9.17, 15) is 4.79 Å². The number of hydrogen-bond donors (Lipinski definition) is 0. The summed E-state index contributed by atoms with van der Waals surface area (Å²) in [5.74, 6) is 0. The third kappa shape index (κ3) is 1.69. The minimum Gasteiger partial charge on any atom is -0.285 e. The maximum absolute atomic E-state index is 10.2. The third-order valence-electron chi connectivity index (χ3n) is 1.06. The second kappa shape index (κ2) is 3.66. The first-order valence-electron chi connectivity index (χ1n) is 2.58. The first-order chi connectivity index (χ1) is 4.75. The molecule has 1 rings (SSSR count). The van der Waals surface area contributed by atoms with E-state index in [0.717, 1.165) is 7.14 Å². The molecule has 1 radical (unpaired) electrons. The summed E-state index contributed by atoms with van der Waals surface area (Å²) in [5.41, 5.74) is 0.646. The molecule has 0 unspecified atom stereocenters. The van der Waals surface area contributed by atoms with Crippen LogP contribution < -0.4 is 0 Å². The Balaban J connectivity index is 3.27. The average molecular weight is 357 g/mol. The number of benzene rings is 1. The molecule has 0 saturated heterocycles. The van der Waals surface area contributed by atoms with Crippen molar-refractivity contribution < 1.29 is 4.79 Å². The van der Waals surface area contributed by atoms with Gasteiger partial charge in [0.25, 0.3) is 0 Å². The van der Waals surface area contributed by atoms with Crippen LogP contribution in [0, 0.1) is 7.14 Å². The van der Waals surface area contributed by atoms with Crippen molar-refractivity contribution in [2.45, 2.75) is 0 Å². The highest BCUT2D eigenvalue weighted by molar-refractivity contribution is 14.1. The lowest BCUT2D eigenvalue weighted by Crippen LogP contribution is -1.87. The molecule has 0 N–H and O–H groups in total. The minimum atomic E-state index is 0.646. The van der Waals surface area contributed by atoms with Gasteiger partial charge < -0.3 is 0 Å². The molecule has 0 spiro atoms. The zero-order chi connectivity index (χ0) is 7.56. The Morgan fingerprint density at radius 3 is 2.50 bits per heavy atom. The van der Waals surface area contributed by atoms with Crippen LogP contribution in [0.3, 0.4) is 0 Å². The van der Waals surface area contributed by atoms with Crippen LogP contribution in [0.2, 0.25) is 0 Å². The van der Waals surface area contributed by atoms with Crippen LogP contribution in [0.15, 0.2) is 18.2 Å². The zero-order valence-electron chi connectivity index (χ0n) is 4.90. The highest BCUT2D eigenvalue weighted by Crippen LogP contribution is 2.17. The van der Waals surface area contributed by atoms with Gasteiger partial charge in [0.15, 0.2) is 0 Å². The van der Waals surface area contributed by atoms with Crippen molar-refractivity contribution in [2.75, 3.05) is 0 Å². The lowest BCUT2D eigenvalue weighted by atomic mass is 10.2. The Hall–Kier alpha value is 0.350. The van der Waals surface area contributed by atoms with E-state index in [1.165, 1.54) is 0 Å². The van der Waals surface area contributed by atoms with E-state index in [1.807, 2.05) is 18.4 Å². The molecular formula is C7H3I2O. The maximum atomic E-state index is 10.2. The fraction of sp³-hybridized carbons (Fsp3) is 0. The van der Waals surface area contributed by atoms with E-state index < -0.39 is 0 Å².